The molecule has 0 aromatic carbocycles. The van der Waals surface area contributed by atoms with Crippen LogP contribution in [0, 0.1) is 5.92 Å². The highest BCUT2D eigenvalue weighted by atomic mass is 16.5. The van der Waals surface area contributed by atoms with Crippen LogP contribution in [0.15, 0.2) is 4.52 Å². The highest BCUT2D eigenvalue weighted by molar-refractivity contribution is 5.81. The first-order chi connectivity index (χ1) is 8.19. The van der Waals surface area contributed by atoms with Crippen molar-refractivity contribution in [1.82, 2.24) is 15.0 Å². The van der Waals surface area contributed by atoms with Crippen molar-refractivity contribution in [2.75, 3.05) is 19.6 Å². The van der Waals surface area contributed by atoms with Gasteiger partial charge in [-0.2, -0.15) is 4.98 Å². The van der Waals surface area contributed by atoms with Crippen LogP contribution in [0.3, 0.4) is 0 Å². The highest BCUT2D eigenvalue weighted by Crippen LogP contribution is 2.20. The number of hydrogen-bond donors (Lipinski definition) is 1. The molecule has 1 fully saturated rings. The van der Waals surface area contributed by atoms with E-state index in [4.69, 9.17) is 5.11 Å². The quantitative estimate of drug-likeness (QED) is 0.845. The largest absolute Gasteiger partial charge is 0.474 e. The standard InChI is InChI=1S/C11H17N3O3/c1-2-14-5-3-8(4-6-14)7-9-12-10(11(15)16)17-13-9/h8H,2-7H2,1H3,(H,15,16). The molecule has 1 aliphatic heterocycles. The Morgan fingerprint density at radius 2 is 2.24 bits per heavy atom. The number of aromatic carboxylic acids is 1. The first-order valence-electron chi connectivity index (χ1n) is 5.97. The molecule has 1 aromatic heterocycles. The van der Waals surface area contributed by atoms with Crippen LogP contribution in [0.2, 0.25) is 0 Å². The predicted molar refractivity (Wildman–Crippen MR) is 59.8 cm³/mol. The van der Waals surface area contributed by atoms with Gasteiger partial charge in [-0.05, 0) is 38.4 Å². The lowest BCUT2D eigenvalue weighted by atomic mass is 9.93. The number of carboxylic acids is 1. The van der Waals surface area contributed by atoms with E-state index < -0.39 is 5.97 Å². The molecule has 0 bridgehead atoms. The van der Waals surface area contributed by atoms with Crippen LogP contribution in [-0.4, -0.2) is 45.8 Å². The van der Waals surface area contributed by atoms with E-state index in [0.29, 0.717) is 18.2 Å². The van der Waals surface area contributed by atoms with Crippen molar-refractivity contribution >= 4 is 5.97 Å². The normalized spacial score (nSPS) is 18.4. The van der Waals surface area contributed by atoms with Gasteiger partial charge in [-0.25, -0.2) is 4.79 Å². The second kappa shape index (κ2) is 5.27. The lowest BCUT2D eigenvalue weighted by Gasteiger charge is -2.30. The van der Waals surface area contributed by atoms with Crippen molar-refractivity contribution in [3.63, 3.8) is 0 Å². The molecule has 0 atom stereocenters. The Hall–Kier alpha value is -1.43. The average Bonchev–Trinajstić information content (AvgIpc) is 2.79. The second-order valence-electron chi connectivity index (χ2n) is 4.40. The molecule has 0 aliphatic carbocycles. The van der Waals surface area contributed by atoms with E-state index in [1.807, 2.05) is 0 Å². The van der Waals surface area contributed by atoms with Gasteiger partial charge < -0.3 is 14.5 Å². The van der Waals surface area contributed by atoms with Crippen molar-refractivity contribution in [2.24, 2.45) is 5.92 Å². The van der Waals surface area contributed by atoms with Crippen LogP contribution >= 0.6 is 0 Å². The minimum atomic E-state index is -1.16. The fraction of sp³-hybridized carbons (Fsp3) is 0.727. The molecule has 17 heavy (non-hydrogen) atoms. The minimum Gasteiger partial charge on any atom is -0.474 e. The van der Waals surface area contributed by atoms with E-state index in [1.165, 1.54) is 0 Å². The summed E-state index contributed by atoms with van der Waals surface area (Å²) in [5.41, 5.74) is 0. The highest BCUT2D eigenvalue weighted by Gasteiger charge is 2.21. The number of piperidine rings is 1. The molecule has 0 amide bonds. The SMILES string of the molecule is CCN1CCC(Cc2noc(C(=O)O)n2)CC1. The zero-order valence-electron chi connectivity index (χ0n) is 9.93. The molecule has 0 spiro atoms. The number of hydrogen-bond acceptors (Lipinski definition) is 5. The van der Waals surface area contributed by atoms with E-state index in [-0.39, 0.29) is 5.89 Å². The molecule has 6 nitrogen and oxygen atoms in total. The van der Waals surface area contributed by atoms with Gasteiger partial charge in [0.05, 0.1) is 0 Å². The zero-order chi connectivity index (χ0) is 12.3. The van der Waals surface area contributed by atoms with Gasteiger partial charge >= 0.3 is 11.9 Å². The van der Waals surface area contributed by atoms with Crippen LogP contribution in [-0.2, 0) is 6.42 Å². The first kappa shape index (κ1) is 12.0. The van der Waals surface area contributed by atoms with Gasteiger partial charge in [-0.3, -0.25) is 0 Å². The number of carbonyl (C=O) groups is 1. The lowest BCUT2D eigenvalue weighted by molar-refractivity contribution is 0.0643. The number of rotatable bonds is 4. The average molecular weight is 239 g/mol. The van der Waals surface area contributed by atoms with Crippen LogP contribution in [0.1, 0.15) is 36.3 Å². The van der Waals surface area contributed by atoms with Crippen LogP contribution < -0.4 is 0 Å². The Morgan fingerprint density at radius 3 is 2.76 bits per heavy atom. The molecule has 1 aliphatic rings. The number of nitrogens with zero attached hydrogens (tertiary/aromatic N) is 3. The summed E-state index contributed by atoms with van der Waals surface area (Å²) in [5, 5.41) is 12.4. The van der Waals surface area contributed by atoms with Crippen molar-refractivity contribution in [3.05, 3.63) is 11.7 Å². The molecule has 1 N–H and O–H groups in total. The fourth-order valence-corrected chi connectivity index (χ4v) is 2.19. The topological polar surface area (TPSA) is 79.5 Å². The van der Waals surface area contributed by atoms with Crippen molar-refractivity contribution in [3.8, 4) is 0 Å². The number of aromatic nitrogens is 2. The summed E-state index contributed by atoms with van der Waals surface area (Å²) in [6.07, 6.45) is 2.95. The third-order valence-corrected chi connectivity index (χ3v) is 3.28. The smallest absolute Gasteiger partial charge is 0.394 e. The maximum atomic E-state index is 10.6. The molecule has 0 saturated carbocycles. The molecule has 94 valence electrons. The zero-order valence-corrected chi connectivity index (χ0v) is 9.93. The van der Waals surface area contributed by atoms with Crippen LogP contribution in [0.5, 0.6) is 0 Å². The molecule has 0 unspecified atom stereocenters. The van der Waals surface area contributed by atoms with Crippen LogP contribution in [0.4, 0.5) is 0 Å². The van der Waals surface area contributed by atoms with E-state index in [2.05, 4.69) is 26.5 Å². The predicted octanol–water partition coefficient (Wildman–Crippen LogP) is 1.04. The molecular weight excluding hydrogens is 222 g/mol. The van der Waals surface area contributed by atoms with E-state index in [9.17, 15) is 4.79 Å². The first-order valence-corrected chi connectivity index (χ1v) is 5.97. The molecule has 2 heterocycles. The van der Waals surface area contributed by atoms with Gasteiger partial charge in [0.15, 0.2) is 5.82 Å². The van der Waals surface area contributed by atoms with Gasteiger partial charge in [0.25, 0.3) is 0 Å². The van der Waals surface area contributed by atoms with Crippen molar-refractivity contribution in [1.29, 1.82) is 0 Å². The fourth-order valence-electron chi connectivity index (χ4n) is 2.19. The third-order valence-electron chi connectivity index (χ3n) is 3.28. The molecule has 0 radical (unpaired) electrons. The maximum absolute atomic E-state index is 10.6. The minimum absolute atomic E-state index is 0.314. The molecule has 1 aromatic rings. The van der Waals surface area contributed by atoms with Crippen molar-refractivity contribution < 1.29 is 14.4 Å². The Kier molecular flexibility index (Phi) is 3.73. The maximum Gasteiger partial charge on any atom is 0.394 e. The Labute approximate surface area is 99.6 Å². The third kappa shape index (κ3) is 3.03. The van der Waals surface area contributed by atoms with Gasteiger partial charge in [0.1, 0.15) is 0 Å². The summed E-state index contributed by atoms with van der Waals surface area (Å²) in [7, 11) is 0. The summed E-state index contributed by atoms with van der Waals surface area (Å²) < 4.78 is 4.64. The van der Waals surface area contributed by atoms with E-state index >= 15 is 0 Å². The molecule has 1 saturated heterocycles. The van der Waals surface area contributed by atoms with Gasteiger partial charge in [0, 0.05) is 6.42 Å². The molecule has 2 rings (SSSR count). The van der Waals surface area contributed by atoms with E-state index in [1.54, 1.807) is 0 Å². The Morgan fingerprint density at radius 1 is 1.53 bits per heavy atom. The summed E-state index contributed by atoms with van der Waals surface area (Å²) in [6.45, 7) is 5.46. The number of carboxylic acid groups (broad SMARTS) is 1. The Balaban J connectivity index is 1.86. The Bertz CT molecular complexity index is 383. The second-order valence-corrected chi connectivity index (χ2v) is 4.40. The summed E-state index contributed by atoms with van der Waals surface area (Å²) in [4.78, 5) is 16.8. The summed E-state index contributed by atoms with van der Waals surface area (Å²) >= 11 is 0. The molecular formula is C11H17N3O3. The lowest BCUT2D eigenvalue weighted by Crippen LogP contribution is -2.34. The van der Waals surface area contributed by atoms with Gasteiger partial charge in [-0.1, -0.05) is 12.1 Å². The van der Waals surface area contributed by atoms with Gasteiger partial charge in [-0.15, -0.1) is 0 Å². The van der Waals surface area contributed by atoms with Gasteiger partial charge in [0.2, 0.25) is 0 Å². The monoisotopic (exact) mass is 239 g/mol. The summed E-state index contributed by atoms with van der Waals surface area (Å²) in [6, 6.07) is 0. The van der Waals surface area contributed by atoms with Crippen LogP contribution in [0.25, 0.3) is 0 Å². The number of likely N-dealkylation sites (tertiary alicyclic amines) is 1. The molecule has 6 heteroatoms. The van der Waals surface area contributed by atoms with Crippen molar-refractivity contribution in [2.45, 2.75) is 26.2 Å². The van der Waals surface area contributed by atoms with E-state index in [0.717, 1.165) is 32.5 Å². The summed E-state index contributed by atoms with van der Waals surface area (Å²) in [5.74, 6) is -0.426.